The van der Waals surface area contributed by atoms with Gasteiger partial charge in [0.2, 0.25) is 0 Å². The molecular weight excluding hydrogens is 376 g/mol. The van der Waals surface area contributed by atoms with E-state index in [4.69, 9.17) is 25.5 Å². The van der Waals surface area contributed by atoms with E-state index in [0.29, 0.717) is 13.2 Å². The van der Waals surface area contributed by atoms with Gasteiger partial charge in [0, 0.05) is 43.1 Å². The van der Waals surface area contributed by atoms with E-state index in [9.17, 15) is 0 Å². The molecule has 5 nitrogen and oxygen atoms in total. The van der Waals surface area contributed by atoms with Crippen LogP contribution in [0.2, 0.25) is 5.02 Å². The minimum Gasteiger partial charge on any atom is -0.486 e. The van der Waals surface area contributed by atoms with Crippen LogP contribution in [0, 0.1) is 0 Å². The number of hydrogen-bond acceptors (Lipinski definition) is 5. The molecule has 5 rings (SSSR count). The van der Waals surface area contributed by atoms with E-state index in [2.05, 4.69) is 15.9 Å². The molecule has 0 unspecified atom stereocenters. The van der Waals surface area contributed by atoms with Crippen molar-refractivity contribution in [2.75, 3.05) is 50.8 Å². The van der Waals surface area contributed by atoms with Crippen molar-refractivity contribution >= 4 is 28.3 Å². The van der Waals surface area contributed by atoms with Crippen molar-refractivity contribution in [3.63, 3.8) is 0 Å². The van der Waals surface area contributed by atoms with Gasteiger partial charge in [0.25, 0.3) is 0 Å². The molecule has 1 aromatic heterocycles. The number of piperazine rings is 1. The van der Waals surface area contributed by atoms with E-state index < -0.39 is 0 Å². The second kappa shape index (κ2) is 7.57. The lowest BCUT2D eigenvalue weighted by atomic mass is 10.1. The minimum absolute atomic E-state index is 0.618. The fourth-order valence-corrected chi connectivity index (χ4v) is 4.22. The molecule has 0 bridgehead atoms. The third-order valence-corrected chi connectivity index (χ3v) is 5.81. The molecule has 0 N–H and O–H groups in total. The fraction of sp³-hybridized carbons (Fsp3) is 0.364. The van der Waals surface area contributed by atoms with Crippen molar-refractivity contribution in [3.05, 3.63) is 53.2 Å². The molecule has 146 valence electrons. The molecule has 3 heterocycles. The molecule has 28 heavy (non-hydrogen) atoms. The van der Waals surface area contributed by atoms with Gasteiger partial charge in [-0.3, -0.25) is 4.90 Å². The molecule has 0 radical (unpaired) electrons. The Morgan fingerprint density at radius 1 is 0.964 bits per heavy atom. The molecule has 0 saturated carbocycles. The van der Waals surface area contributed by atoms with Gasteiger partial charge in [-0.05, 0) is 42.3 Å². The number of anilines is 1. The molecule has 0 atom stereocenters. The lowest BCUT2D eigenvalue weighted by molar-refractivity contribution is 0.171. The first kappa shape index (κ1) is 17.7. The maximum Gasteiger partial charge on any atom is 0.184 e. The zero-order valence-electron chi connectivity index (χ0n) is 15.7. The SMILES string of the molecule is Clc1ccc2occ(CCN3CCN(c4cccc5c4OCCO5)CC3)c2c1. The van der Waals surface area contributed by atoms with Gasteiger partial charge in [-0.25, -0.2) is 0 Å². The van der Waals surface area contributed by atoms with Crippen LogP contribution >= 0.6 is 11.6 Å². The summed E-state index contributed by atoms with van der Waals surface area (Å²) in [5.41, 5.74) is 3.27. The minimum atomic E-state index is 0.618. The Bertz CT molecular complexity index is 979. The number of ether oxygens (including phenoxy) is 2. The third kappa shape index (κ3) is 3.40. The van der Waals surface area contributed by atoms with Crippen LogP contribution in [0.25, 0.3) is 11.0 Å². The predicted octanol–water partition coefficient (Wildman–Crippen LogP) is 4.22. The summed E-state index contributed by atoms with van der Waals surface area (Å²) in [5.74, 6) is 1.75. The Hall–Kier alpha value is -2.37. The van der Waals surface area contributed by atoms with Gasteiger partial charge in [0.15, 0.2) is 11.5 Å². The summed E-state index contributed by atoms with van der Waals surface area (Å²) in [7, 11) is 0. The highest BCUT2D eigenvalue weighted by Crippen LogP contribution is 2.39. The first-order chi connectivity index (χ1) is 13.8. The highest BCUT2D eigenvalue weighted by molar-refractivity contribution is 6.31. The van der Waals surface area contributed by atoms with E-state index in [0.717, 1.165) is 72.3 Å². The van der Waals surface area contributed by atoms with Gasteiger partial charge in [-0.1, -0.05) is 17.7 Å². The van der Waals surface area contributed by atoms with E-state index >= 15 is 0 Å². The molecular formula is C22H23ClN2O3. The Kier molecular flexibility index (Phi) is 4.79. The van der Waals surface area contributed by atoms with E-state index in [1.54, 1.807) is 0 Å². The van der Waals surface area contributed by atoms with Gasteiger partial charge in [0.05, 0.1) is 12.0 Å². The van der Waals surface area contributed by atoms with Crippen molar-refractivity contribution in [3.8, 4) is 11.5 Å². The Labute approximate surface area is 169 Å². The maximum atomic E-state index is 6.14. The smallest absolute Gasteiger partial charge is 0.184 e. The normalized spacial score (nSPS) is 17.2. The van der Waals surface area contributed by atoms with Crippen LogP contribution in [0.4, 0.5) is 5.69 Å². The molecule has 3 aromatic rings. The van der Waals surface area contributed by atoms with Gasteiger partial charge >= 0.3 is 0 Å². The molecule has 1 saturated heterocycles. The molecule has 1 fully saturated rings. The van der Waals surface area contributed by atoms with E-state index in [-0.39, 0.29) is 0 Å². The van der Waals surface area contributed by atoms with Gasteiger partial charge < -0.3 is 18.8 Å². The topological polar surface area (TPSA) is 38.1 Å². The lowest BCUT2D eigenvalue weighted by Crippen LogP contribution is -2.47. The summed E-state index contributed by atoms with van der Waals surface area (Å²) in [6, 6.07) is 12.0. The Balaban J connectivity index is 1.21. The highest BCUT2D eigenvalue weighted by Gasteiger charge is 2.23. The Morgan fingerprint density at radius 3 is 2.71 bits per heavy atom. The summed E-state index contributed by atoms with van der Waals surface area (Å²) in [6.45, 7) is 6.28. The number of fused-ring (bicyclic) bond motifs is 2. The number of halogens is 1. The van der Waals surface area contributed by atoms with Crippen molar-refractivity contribution < 1.29 is 13.9 Å². The largest absolute Gasteiger partial charge is 0.486 e. The quantitative estimate of drug-likeness (QED) is 0.657. The summed E-state index contributed by atoms with van der Waals surface area (Å²) >= 11 is 6.14. The number of benzene rings is 2. The second-order valence-corrected chi connectivity index (χ2v) is 7.72. The van der Waals surface area contributed by atoms with Crippen LogP contribution in [-0.4, -0.2) is 50.8 Å². The molecule has 2 aliphatic rings. The average molecular weight is 399 g/mol. The standard InChI is InChI=1S/C22H23ClN2O3/c23-17-4-5-20-18(14-17)16(15-28-20)6-7-24-8-10-25(11-9-24)19-2-1-3-21-22(19)27-13-12-26-21/h1-5,14-15H,6-13H2. The summed E-state index contributed by atoms with van der Waals surface area (Å²) in [6.07, 6.45) is 2.83. The molecule has 6 heteroatoms. The zero-order chi connectivity index (χ0) is 18.9. The first-order valence-corrected chi connectivity index (χ1v) is 10.2. The lowest BCUT2D eigenvalue weighted by Gasteiger charge is -2.37. The molecule has 0 aliphatic carbocycles. The van der Waals surface area contributed by atoms with Crippen molar-refractivity contribution in [1.29, 1.82) is 0 Å². The number of para-hydroxylation sites is 1. The van der Waals surface area contributed by atoms with Crippen molar-refractivity contribution in [1.82, 2.24) is 4.90 Å². The molecule has 0 amide bonds. The van der Waals surface area contributed by atoms with E-state index in [1.165, 1.54) is 5.56 Å². The van der Waals surface area contributed by atoms with Crippen LogP contribution in [0.15, 0.2) is 47.1 Å². The third-order valence-electron chi connectivity index (χ3n) is 5.57. The average Bonchev–Trinajstić information content (AvgIpc) is 3.14. The van der Waals surface area contributed by atoms with Crippen LogP contribution < -0.4 is 14.4 Å². The second-order valence-electron chi connectivity index (χ2n) is 7.28. The Morgan fingerprint density at radius 2 is 1.82 bits per heavy atom. The van der Waals surface area contributed by atoms with Crippen molar-refractivity contribution in [2.24, 2.45) is 0 Å². The van der Waals surface area contributed by atoms with Crippen LogP contribution in [0.3, 0.4) is 0 Å². The zero-order valence-corrected chi connectivity index (χ0v) is 16.5. The summed E-state index contributed by atoms with van der Waals surface area (Å²) in [5, 5.41) is 1.88. The first-order valence-electron chi connectivity index (χ1n) is 9.79. The molecule has 2 aliphatic heterocycles. The van der Waals surface area contributed by atoms with Gasteiger partial charge in [-0.15, -0.1) is 0 Å². The van der Waals surface area contributed by atoms with Crippen molar-refractivity contribution in [2.45, 2.75) is 6.42 Å². The van der Waals surface area contributed by atoms with Crippen LogP contribution in [0.5, 0.6) is 11.5 Å². The molecule has 2 aromatic carbocycles. The predicted molar refractivity (Wildman–Crippen MR) is 111 cm³/mol. The molecule has 0 spiro atoms. The van der Waals surface area contributed by atoms with Gasteiger partial charge in [-0.2, -0.15) is 0 Å². The maximum absolute atomic E-state index is 6.14. The number of furan rings is 1. The monoisotopic (exact) mass is 398 g/mol. The summed E-state index contributed by atoms with van der Waals surface area (Å²) in [4.78, 5) is 4.91. The highest BCUT2D eigenvalue weighted by atomic mass is 35.5. The van der Waals surface area contributed by atoms with E-state index in [1.807, 2.05) is 36.6 Å². The fourth-order valence-electron chi connectivity index (χ4n) is 4.05. The summed E-state index contributed by atoms with van der Waals surface area (Å²) < 4.78 is 17.3. The number of rotatable bonds is 4. The van der Waals surface area contributed by atoms with Crippen LogP contribution in [-0.2, 0) is 6.42 Å². The number of hydrogen-bond donors (Lipinski definition) is 0. The van der Waals surface area contributed by atoms with Crippen LogP contribution in [0.1, 0.15) is 5.56 Å². The number of nitrogens with zero attached hydrogens (tertiary/aromatic N) is 2. The van der Waals surface area contributed by atoms with Gasteiger partial charge in [0.1, 0.15) is 18.8 Å².